The molecule has 0 fully saturated rings. The molecule has 0 aliphatic carbocycles. The van der Waals surface area contributed by atoms with Crippen LogP contribution in [0.2, 0.25) is 10.0 Å². The summed E-state index contributed by atoms with van der Waals surface area (Å²) >= 11 is 12.4. The van der Waals surface area contributed by atoms with E-state index in [1.807, 2.05) is 48.7 Å². The lowest BCUT2D eigenvalue weighted by Crippen LogP contribution is -2.34. The van der Waals surface area contributed by atoms with Crippen LogP contribution < -0.4 is 5.32 Å². The Morgan fingerprint density at radius 1 is 1.24 bits per heavy atom. The van der Waals surface area contributed by atoms with E-state index in [9.17, 15) is 4.79 Å². The highest BCUT2D eigenvalue weighted by Crippen LogP contribution is 2.32. The number of aromatic nitrogens is 2. The van der Waals surface area contributed by atoms with Crippen LogP contribution in [0.25, 0.3) is 22.4 Å². The van der Waals surface area contributed by atoms with E-state index in [-0.39, 0.29) is 18.5 Å². The number of rotatable bonds is 5. The fourth-order valence-electron chi connectivity index (χ4n) is 2.68. The monoisotopic (exact) mass is 375 g/mol. The quantitative estimate of drug-likeness (QED) is 0.687. The van der Waals surface area contributed by atoms with Gasteiger partial charge in [-0.2, -0.15) is 0 Å². The molecule has 1 atom stereocenters. The molecule has 1 aromatic heterocycles. The number of nitrogens with one attached hydrogen (secondary N) is 1. The van der Waals surface area contributed by atoms with Crippen molar-refractivity contribution in [3.63, 3.8) is 0 Å². The third kappa shape index (κ3) is 3.80. The molecular formula is C19H19Cl2N3O. The summed E-state index contributed by atoms with van der Waals surface area (Å²) in [5.74, 6) is 0.603. The van der Waals surface area contributed by atoms with Gasteiger partial charge in [0, 0.05) is 16.6 Å². The summed E-state index contributed by atoms with van der Waals surface area (Å²) in [6.45, 7) is 4.20. The van der Waals surface area contributed by atoms with Crippen molar-refractivity contribution in [1.29, 1.82) is 0 Å². The van der Waals surface area contributed by atoms with E-state index in [0.29, 0.717) is 15.9 Å². The van der Waals surface area contributed by atoms with E-state index in [1.54, 1.807) is 12.1 Å². The first-order valence-electron chi connectivity index (χ1n) is 8.19. The first-order chi connectivity index (χ1) is 12.0. The molecule has 1 heterocycles. The number of hydrogen-bond donors (Lipinski definition) is 1. The first-order valence-corrected chi connectivity index (χ1v) is 8.95. The number of amides is 1. The number of hydrogen-bond acceptors (Lipinski definition) is 2. The molecule has 0 saturated carbocycles. The van der Waals surface area contributed by atoms with Crippen LogP contribution in [0.15, 0.2) is 42.5 Å². The summed E-state index contributed by atoms with van der Waals surface area (Å²) in [6, 6.07) is 13.1. The number of halogens is 2. The van der Waals surface area contributed by atoms with Crippen LogP contribution in [0, 0.1) is 0 Å². The zero-order chi connectivity index (χ0) is 18.0. The largest absolute Gasteiger partial charge is 0.352 e. The molecular weight excluding hydrogens is 357 g/mol. The van der Waals surface area contributed by atoms with Crippen molar-refractivity contribution in [2.24, 2.45) is 0 Å². The maximum Gasteiger partial charge on any atom is 0.240 e. The summed E-state index contributed by atoms with van der Waals surface area (Å²) in [5, 5.41) is 4.06. The highest BCUT2D eigenvalue weighted by atomic mass is 35.5. The van der Waals surface area contributed by atoms with E-state index in [0.717, 1.165) is 23.0 Å². The summed E-state index contributed by atoms with van der Waals surface area (Å²) in [5.41, 5.74) is 2.46. The Balaban J connectivity index is 2.07. The normalized spacial score (nSPS) is 12.3. The van der Waals surface area contributed by atoms with Crippen LogP contribution in [0.4, 0.5) is 0 Å². The van der Waals surface area contributed by atoms with Crippen LogP contribution in [0.5, 0.6) is 0 Å². The minimum atomic E-state index is -0.0520. The Labute approximate surface area is 156 Å². The molecule has 3 aromatic rings. The highest BCUT2D eigenvalue weighted by Gasteiger charge is 2.17. The van der Waals surface area contributed by atoms with Gasteiger partial charge in [-0.3, -0.25) is 4.79 Å². The number of benzene rings is 2. The van der Waals surface area contributed by atoms with Crippen molar-refractivity contribution < 1.29 is 4.79 Å². The Kier molecular flexibility index (Phi) is 5.30. The Morgan fingerprint density at radius 2 is 2.00 bits per heavy atom. The Hall–Kier alpha value is -2.04. The van der Waals surface area contributed by atoms with Crippen LogP contribution in [-0.4, -0.2) is 21.5 Å². The number of carbonyl (C=O) groups excluding carboxylic acids is 1. The van der Waals surface area contributed by atoms with Crippen molar-refractivity contribution in [2.45, 2.75) is 32.9 Å². The van der Waals surface area contributed by atoms with Crippen LogP contribution in [0.1, 0.15) is 20.3 Å². The second-order valence-corrected chi connectivity index (χ2v) is 6.85. The third-order valence-corrected chi connectivity index (χ3v) is 4.70. The number of para-hydroxylation sites is 2. The second kappa shape index (κ2) is 7.46. The lowest BCUT2D eigenvalue weighted by atomic mass is 10.2. The fraction of sp³-hybridized carbons (Fsp3) is 0.263. The molecule has 4 nitrogen and oxygen atoms in total. The van der Waals surface area contributed by atoms with Gasteiger partial charge in [0.05, 0.1) is 16.1 Å². The molecule has 1 N–H and O–H groups in total. The van der Waals surface area contributed by atoms with Gasteiger partial charge in [0.25, 0.3) is 0 Å². The Bertz CT molecular complexity index is 920. The van der Waals surface area contributed by atoms with Gasteiger partial charge >= 0.3 is 0 Å². The van der Waals surface area contributed by atoms with Gasteiger partial charge in [0.2, 0.25) is 5.91 Å². The molecule has 0 saturated heterocycles. The summed E-state index contributed by atoms with van der Waals surface area (Å²) < 4.78 is 1.89. The third-order valence-electron chi connectivity index (χ3n) is 4.15. The molecule has 25 heavy (non-hydrogen) atoms. The molecule has 0 spiro atoms. The molecule has 1 amide bonds. The average molecular weight is 376 g/mol. The number of carbonyl (C=O) groups is 1. The summed E-state index contributed by atoms with van der Waals surface area (Å²) in [4.78, 5) is 17.1. The minimum absolute atomic E-state index is 0.0520. The van der Waals surface area contributed by atoms with Crippen LogP contribution >= 0.6 is 23.2 Å². The van der Waals surface area contributed by atoms with Crippen molar-refractivity contribution in [3.05, 3.63) is 52.5 Å². The average Bonchev–Trinajstić information content (AvgIpc) is 2.93. The maximum absolute atomic E-state index is 12.4. The van der Waals surface area contributed by atoms with Gasteiger partial charge in [-0.25, -0.2) is 4.98 Å². The van der Waals surface area contributed by atoms with Crippen LogP contribution in [0.3, 0.4) is 0 Å². The minimum Gasteiger partial charge on any atom is -0.352 e. The second-order valence-electron chi connectivity index (χ2n) is 6.01. The van der Waals surface area contributed by atoms with E-state index in [1.165, 1.54) is 0 Å². The van der Waals surface area contributed by atoms with E-state index < -0.39 is 0 Å². The fourth-order valence-corrected chi connectivity index (χ4v) is 3.17. The SMILES string of the molecule is CCC(C)NC(=O)Cn1c(-c2ccc(Cl)cc2Cl)nc2ccccc21. The molecule has 0 bridgehead atoms. The lowest BCUT2D eigenvalue weighted by Gasteiger charge is -2.14. The summed E-state index contributed by atoms with van der Waals surface area (Å²) in [6.07, 6.45) is 0.881. The standard InChI is InChI=1S/C19H19Cl2N3O/c1-3-12(2)22-18(25)11-24-17-7-5-4-6-16(17)23-19(24)14-9-8-13(20)10-15(14)21/h4-10,12H,3,11H2,1-2H3,(H,22,25). The van der Waals surface area contributed by atoms with Crippen molar-refractivity contribution in [1.82, 2.24) is 14.9 Å². The maximum atomic E-state index is 12.4. The van der Waals surface area contributed by atoms with Gasteiger partial charge < -0.3 is 9.88 Å². The van der Waals surface area contributed by atoms with Crippen molar-refractivity contribution in [3.8, 4) is 11.4 Å². The van der Waals surface area contributed by atoms with E-state index in [4.69, 9.17) is 23.2 Å². The van der Waals surface area contributed by atoms with Gasteiger partial charge in [0.15, 0.2) is 0 Å². The molecule has 6 heteroatoms. The predicted molar refractivity (Wildman–Crippen MR) is 103 cm³/mol. The molecule has 1 unspecified atom stereocenters. The van der Waals surface area contributed by atoms with Gasteiger partial charge in [-0.15, -0.1) is 0 Å². The Morgan fingerprint density at radius 3 is 2.72 bits per heavy atom. The smallest absolute Gasteiger partial charge is 0.240 e. The number of imidazole rings is 1. The zero-order valence-corrected chi connectivity index (χ0v) is 15.6. The van der Waals surface area contributed by atoms with E-state index in [2.05, 4.69) is 10.3 Å². The summed E-state index contributed by atoms with van der Waals surface area (Å²) in [7, 11) is 0. The highest BCUT2D eigenvalue weighted by molar-refractivity contribution is 6.36. The molecule has 0 aliphatic rings. The van der Waals surface area contributed by atoms with Crippen molar-refractivity contribution in [2.75, 3.05) is 0 Å². The van der Waals surface area contributed by atoms with Gasteiger partial charge in [-0.05, 0) is 43.7 Å². The van der Waals surface area contributed by atoms with E-state index >= 15 is 0 Å². The van der Waals surface area contributed by atoms with Crippen molar-refractivity contribution >= 4 is 40.1 Å². The molecule has 130 valence electrons. The predicted octanol–water partition coefficient (Wildman–Crippen LogP) is 4.92. The molecule has 0 radical (unpaired) electrons. The number of fused-ring (bicyclic) bond motifs is 1. The number of nitrogens with zero attached hydrogens (tertiary/aromatic N) is 2. The molecule has 0 aliphatic heterocycles. The van der Waals surface area contributed by atoms with Gasteiger partial charge in [0.1, 0.15) is 12.4 Å². The molecule has 3 rings (SSSR count). The van der Waals surface area contributed by atoms with Gasteiger partial charge in [-0.1, -0.05) is 42.3 Å². The first kappa shape index (κ1) is 17.8. The lowest BCUT2D eigenvalue weighted by molar-refractivity contribution is -0.122. The zero-order valence-electron chi connectivity index (χ0n) is 14.1. The molecule has 2 aromatic carbocycles. The topological polar surface area (TPSA) is 46.9 Å². The van der Waals surface area contributed by atoms with Crippen LogP contribution in [-0.2, 0) is 11.3 Å².